The highest BCUT2D eigenvalue weighted by atomic mass is 16.2. The number of nitrogens with zero attached hydrogens (tertiary/aromatic N) is 2. The molecule has 0 aliphatic carbocycles. The molecule has 0 atom stereocenters. The summed E-state index contributed by atoms with van der Waals surface area (Å²) in [7, 11) is 0. The molecule has 0 bridgehead atoms. The molecule has 0 saturated heterocycles. The van der Waals surface area contributed by atoms with Crippen LogP contribution in [0, 0.1) is 0 Å². The van der Waals surface area contributed by atoms with Crippen LogP contribution in [0.2, 0.25) is 0 Å². The molecular formula is C20H21N3O2. The third kappa shape index (κ3) is 4.76. The van der Waals surface area contributed by atoms with Gasteiger partial charge in [-0.2, -0.15) is 0 Å². The molecule has 0 saturated carbocycles. The van der Waals surface area contributed by atoms with Crippen LogP contribution in [0.1, 0.15) is 17.5 Å². The predicted molar refractivity (Wildman–Crippen MR) is 96.6 cm³/mol. The molecule has 0 radical (unpaired) electrons. The normalized spacial score (nSPS) is 13.4. The van der Waals surface area contributed by atoms with Gasteiger partial charge in [-0.05, 0) is 22.8 Å². The van der Waals surface area contributed by atoms with Crippen LogP contribution in [-0.4, -0.2) is 41.3 Å². The maximum atomic E-state index is 12.3. The highest BCUT2D eigenvalue weighted by Crippen LogP contribution is 2.20. The third-order valence-electron chi connectivity index (χ3n) is 4.17. The first kappa shape index (κ1) is 16.9. The number of benzene rings is 1. The Hall–Kier alpha value is -2.95. The van der Waals surface area contributed by atoms with E-state index in [9.17, 15) is 9.59 Å². The average molecular weight is 335 g/mol. The molecule has 2 heterocycles. The largest absolute Gasteiger partial charge is 0.355 e. The Balaban J connectivity index is 1.40. The van der Waals surface area contributed by atoms with Crippen LogP contribution in [0.15, 0.2) is 60.9 Å². The maximum Gasteiger partial charge on any atom is 0.224 e. The Bertz CT molecular complexity index is 757. The Labute approximate surface area is 147 Å². The van der Waals surface area contributed by atoms with Crippen LogP contribution in [0.4, 0.5) is 0 Å². The Morgan fingerprint density at radius 3 is 2.72 bits per heavy atom. The topological polar surface area (TPSA) is 62.3 Å². The second-order valence-corrected chi connectivity index (χ2v) is 6.01. The van der Waals surface area contributed by atoms with Crippen molar-refractivity contribution in [3.8, 4) is 0 Å². The van der Waals surface area contributed by atoms with Crippen molar-refractivity contribution in [3.63, 3.8) is 0 Å². The summed E-state index contributed by atoms with van der Waals surface area (Å²) in [5.74, 6) is -0.00949. The first-order valence-corrected chi connectivity index (χ1v) is 8.40. The number of pyridine rings is 1. The molecule has 1 aromatic carbocycles. The minimum atomic E-state index is -0.0606. The number of hydrogen-bond acceptors (Lipinski definition) is 3. The number of carbonyl (C=O) groups excluding carboxylic acids is 2. The van der Waals surface area contributed by atoms with Gasteiger partial charge in [0, 0.05) is 38.4 Å². The summed E-state index contributed by atoms with van der Waals surface area (Å²) in [6.45, 7) is 1.58. The molecule has 1 N–H and O–H groups in total. The molecule has 2 amide bonds. The molecule has 128 valence electrons. The van der Waals surface area contributed by atoms with Crippen molar-refractivity contribution in [3.05, 3.63) is 72.1 Å². The van der Waals surface area contributed by atoms with Crippen molar-refractivity contribution < 1.29 is 9.59 Å². The second kappa shape index (κ2) is 8.24. The molecule has 3 rings (SSSR count). The van der Waals surface area contributed by atoms with E-state index in [2.05, 4.69) is 16.4 Å². The number of rotatable bonds is 6. The number of amides is 2. The minimum Gasteiger partial charge on any atom is -0.355 e. The van der Waals surface area contributed by atoms with E-state index in [0.717, 1.165) is 16.7 Å². The summed E-state index contributed by atoms with van der Waals surface area (Å²) < 4.78 is 0. The van der Waals surface area contributed by atoms with Gasteiger partial charge >= 0.3 is 0 Å². The maximum absolute atomic E-state index is 12.3. The monoisotopic (exact) mass is 335 g/mol. The molecular weight excluding hydrogens is 314 g/mol. The van der Waals surface area contributed by atoms with Crippen LogP contribution in [0.5, 0.6) is 0 Å². The lowest BCUT2D eigenvalue weighted by Gasteiger charge is -2.16. The van der Waals surface area contributed by atoms with Crippen molar-refractivity contribution in [1.29, 1.82) is 0 Å². The van der Waals surface area contributed by atoms with Gasteiger partial charge in [-0.1, -0.05) is 42.5 Å². The standard InChI is InChI=1S/C20H21N3O2/c24-19(13-16-5-2-1-3-6-16)22-11-8-20(25)23-12-9-18(15-23)17-7-4-10-21-14-17/h1-7,9-10,14H,8,11-13,15H2,(H,22,24). The van der Waals surface area contributed by atoms with Gasteiger partial charge in [0.1, 0.15) is 0 Å². The van der Waals surface area contributed by atoms with Crippen LogP contribution in [0.25, 0.3) is 5.57 Å². The SMILES string of the molecule is O=C(Cc1ccccc1)NCCC(=O)N1CC=C(c2cccnc2)C1. The predicted octanol–water partition coefficient (Wildman–Crippen LogP) is 2.06. The molecule has 1 aromatic heterocycles. The van der Waals surface area contributed by atoms with Gasteiger partial charge in [0.15, 0.2) is 0 Å². The van der Waals surface area contributed by atoms with Gasteiger partial charge in [-0.15, -0.1) is 0 Å². The Morgan fingerprint density at radius 1 is 1.12 bits per heavy atom. The summed E-state index contributed by atoms with van der Waals surface area (Å²) in [6.07, 6.45) is 6.26. The van der Waals surface area contributed by atoms with E-state index >= 15 is 0 Å². The van der Waals surface area contributed by atoms with Crippen LogP contribution >= 0.6 is 0 Å². The minimum absolute atomic E-state index is 0.0511. The zero-order valence-electron chi connectivity index (χ0n) is 14.0. The summed E-state index contributed by atoms with van der Waals surface area (Å²) in [5, 5.41) is 2.81. The summed E-state index contributed by atoms with van der Waals surface area (Å²) in [4.78, 5) is 30.1. The van der Waals surface area contributed by atoms with E-state index in [4.69, 9.17) is 0 Å². The quantitative estimate of drug-likeness (QED) is 0.879. The smallest absolute Gasteiger partial charge is 0.224 e. The highest BCUT2D eigenvalue weighted by Gasteiger charge is 2.20. The lowest BCUT2D eigenvalue weighted by atomic mass is 10.1. The van der Waals surface area contributed by atoms with Gasteiger partial charge in [-0.25, -0.2) is 0 Å². The number of carbonyl (C=O) groups is 2. The molecule has 0 fully saturated rings. The van der Waals surface area contributed by atoms with E-state index in [0.29, 0.717) is 32.5 Å². The Kier molecular flexibility index (Phi) is 5.57. The third-order valence-corrected chi connectivity index (χ3v) is 4.17. The average Bonchev–Trinajstić information content (AvgIpc) is 3.13. The molecule has 5 nitrogen and oxygen atoms in total. The van der Waals surface area contributed by atoms with Gasteiger partial charge in [0.2, 0.25) is 11.8 Å². The van der Waals surface area contributed by atoms with Gasteiger partial charge in [-0.3, -0.25) is 14.6 Å². The van der Waals surface area contributed by atoms with E-state index < -0.39 is 0 Å². The summed E-state index contributed by atoms with van der Waals surface area (Å²) >= 11 is 0. The van der Waals surface area contributed by atoms with E-state index in [1.807, 2.05) is 48.7 Å². The van der Waals surface area contributed by atoms with Crippen LogP contribution < -0.4 is 5.32 Å². The van der Waals surface area contributed by atoms with Crippen LogP contribution in [-0.2, 0) is 16.0 Å². The van der Waals surface area contributed by atoms with Crippen molar-refractivity contribution in [1.82, 2.24) is 15.2 Å². The lowest BCUT2D eigenvalue weighted by molar-refractivity contribution is -0.129. The second-order valence-electron chi connectivity index (χ2n) is 6.01. The number of nitrogens with one attached hydrogen (secondary N) is 1. The van der Waals surface area contributed by atoms with Crippen molar-refractivity contribution in [2.24, 2.45) is 0 Å². The number of hydrogen-bond donors (Lipinski definition) is 1. The fraction of sp³-hybridized carbons (Fsp3) is 0.250. The molecule has 2 aromatic rings. The fourth-order valence-corrected chi connectivity index (χ4v) is 2.82. The van der Waals surface area contributed by atoms with E-state index in [-0.39, 0.29) is 11.8 Å². The zero-order valence-corrected chi connectivity index (χ0v) is 14.0. The first-order chi connectivity index (χ1) is 12.2. The molecule has 0 spiro atoms. The van der Waals surface area contributed by atoms with Gasteiger partial charge in [0.05, 0.1) is 6.42 Å². The summed E-state index contributed by atoms with van der Waals surface area (Å²) in [5.41, 5.74) is 3.14. The zero-order chi connectivity index (χ0) is 17.5. The van der Waals surface area contributed by atoms with E-state index in [1.165, 1.54) is 0 Å². The van der Waals surface area contributed by atoms with Crippen LogP contribution in [0.3, 0.4) is 0 Å². The summed E-state index contributed by atoms with van der Waals surface area (Å²) in [6, 6.07) is 13.5. The first-order valence-electron chi connectivity index (χ1n) is 8.40. The van der Waals surface area contributed by atoms with Crippen molar-refractivity contribution in [2.45, 2.75) is 12.8 Å². The Morgan fingerprint density at radius 2 is 1.96 bits per heavy atom. The molecule has 0 unspecified atom stereocenters. The molecule has 1 aliphatic heterocycles. The molecule has 1 aliphatic rings. The highest BCUT2D eigenvalue weighted by molar-refractivity contribution is 5.83. The van der Waals surface area contributed by atoms with Gasteiger partial charge in [0.25, 0.3) is 0 Å². The lowest BCUT2D eigenvalue weighted by Crippen LogP contribution is -2.33. The fourth-order valence-electron chi connectivity index (χ4n) is 2.82. The van der Waals surface area contributed by atoms with E-state index in [1.54, 1.807) is 11.1 Å². The van der Waals surface area contributed by atoms with Crippen molar-refractivity contribution >= 4 is 17.4 Å². The number of aromatic nitrogens is 1. The molecule has 25 heavy (non-hydrogen) atoms. The van der Waals surface area contributed by atoms with Gasteiger partial charge < -0.3 is 10.2 Å². The molecule has 5 heteroatoms. The van der Waals surface area contributed by atoms with Crippen molar-refractivity contribution in [2.75, 3.05) is 19.6 Å².